The molecule has 0 bridgehead atoms. The van der Waals surface area contributed by atoms with Gasteiger partial charge < -0.3 is 15.7 Å². The van der Waals surface area contributed by atoms with Crippen molar-refractivity contribution in [2.45, 2.75) is 18.9 Å². The van der Waals surface area contributed by atoms with E-state index in [1.165, 1.54) is 18.2 Å². The second kappa shape index (κ2) is 7.65. The van der Waals surface area contributed by atoms with E-state index in [2.05, 4.69) is 10.2 Å². The van der Waals surface area contributed by atoms with Gasteiger partial charge in [-0.2, -0.15) is 5.10 Å². The molecule has 138 valence electrons. The first-order valence-electron chi connectivity index (χ1n) is 8.15. The van der Waals surface area contributed by atoms with Crippen molar-refractivity contribution in [2.24, 2.45) is 11.7 Å². The number of aromatic hydroxyl groups is 1. The van der Waals surface area contributed by atoms with Gasteiger partial charge in [0.25, 0.3) is 11.5 Å². The van der Waals surface area contributed by atoms with Gasteiger partial charge in [0.05, 0.1) is 10.0 Å². The highest BCUT2D eigenvalue weighted by molar-refractivity contribution is 6.42. The van der Waals surface area contributed by atoms with Gasteiger partial charge in [0.1, 0.15) is 11.4 Å². The summed E-state index contributed by atoms with van der Waals surface area (Å²) in [6.07, 6.45) is 1.35. The largest absolute Gasteiger partial charge is 0.508 e. The maximum absolute atomic E-state index is 12.4. The maximum atomic E-state index is 12.4. The van der Waals surface area contributed by atoms with E-state index in [0.717, 1.165) is 0 Å². The van der Waals surface area contributed by atoms with Gasteiger partial charge in [-0.15, -0.1) is 0 Å². The third-order valence-corrected chi connectivity index (χ3v) is 5.38. The van der Waals surface area contributed by atoms with E-state index >= 15 is 0 Å². The number of H-pyrrole nitrogens is 1. The number of aromatic amines is 1. The molecule has 0 radical (unpaired) electrons. The highest BCUT2D eigenvalue weighted by Crippen LogP contribution is 2.37. The summed E-state index contributed by atoms with van der Waals surface area (Å²) in [7, 11) is 0. The number of nitrogens with zero attached hydrogens (tertiary/aromatic N) is 2. The highest BCUT2D eigenvalue weighted by atomic mass is 35.5. The van der Waals surface area contributed by atoms with E-state index < -0.39 is 6.04 Å². The molecule has 0 saturated carbocycles. The number of nitrogens with two attached hydrogens (primary N) is 1. The standard InChI is InChI=1S/C17H18Cl2N4O3/c18-11-7-10(14(24)8-12(11)19)16(20)9-3-5-23(6-4-9)17(26)13-1-2-15(25)22-21-13/h1-2,7-9,16,24H,3-6,20H2,(H,22,25)/t16-/m1/s1. The molecule has 2 aromatic rings. The minimum Gasteiger partial charge on any atom is -0.508 e. The third kappa shape index (κ3) is 3.85. The van der Waals surface area contributed by atoms with Crippen LogP contribution in [0.1, 0.15) is 34.9 Å². The number of phenolic OH excluding ortho intramolecular Hbond substituents is 1. The van der Waals surface area contributed by atoms with Crippen LogP contribution in [0.5, 0.6) is 5.75 Å². The first-order valence-corrected chi connectivity index (χ1v) is 8.91. The lowest BCUT2D eigenvalue weighted by molar-refractivity contribution is 0.0670. The van der Waals surface area contributed by atoms with Crippen LogP contribution in [0.3, 0.4) is 0 Å². The average molecular weight is 397 g/mol. The van der Waals surface area contributed by atoms with E-state index in [9.17, 15) is 14.7 Å². The molecule has 1 aromatic heterocycles. The summed E-state index contributed by atoms with van der Waals surface area (Å²) in [5, 5.41) is 16.7. The molecule has 9 heteroatoms. The molecule has 3 rings (SSSR count). The SMILES string of the molecule is N[C@@H](c1cc(Cl)c(Cl)cc1O)C1CCN(C(=O)c2ccc(=O)[nH]n2)CC1. The van der Waals surface area contributed by atoms with Gasteiger partial charge in [-0.05, 0) is 30.9 Å². The molecule has 2 heterocycles. The summed E-state index contributed by atoms with van der Waals surface area (Å²) in [5.41, 5.74) is 6.72. The molecule has 0 spiro atoms. The number of halogens is 2. The predicted octanol–water partition coefficient (Wildman–Crippen LogP) is 2.33. The van der Waals surface area contributed by atoms with Crippen molar-refractivity contribution < 1.29 is 9.90 Å². The van der Waals surface area contributed by atoms with Crippen LogP contribution < -0.4 is 11.3 Å². The first kappa shape index (κ1) is 18.7. The van der Waals surface area contributed by atoms with Crippen LogP contribution in [-0.2, 0) is 0 Å². The number of aromatic nitrogens is 2. The van der Waals surface area contributed by atoms with Gasteiger partial charge in [-0.3, -0.25) is 9.59 Å². The van der Waals surface area contributed by atoms with E-state index in [-0.39, 0.29) is 33.9 Å². The summed E-state index contributed by atoms with van der Waals surface area (Å²) < 4.78 is 0. The van der Waals surface area contributed by atoms with Crippen molar-refractivity contribution in [1.82, 2.24) is 15.1 Å². The van der Waals surface area contributed by atoms with Crippen LogP contribution in [0.2, 0.25) is 10.0 Å². The fourth-order valence-electron chi connectivity index (χ4n) is 3.16. The Morgan fingerprint density at radius 3 is 2.54 bits per heavy atom. The number of carbonyl (C=O) groups excluding carboxylic acids is 1. The van der Waals surface area contributed by atoms with Crippen LogP contribution in [0.4, 0.5) is 0 Å². The fraction of sp³-hybridized carbons (Fsp3) is 0.353. The molecule has 1 aliphatic rings. The number of amides is 1. The highest BCUT2D eigenvalue weighted by Gasteiger charge is 2.29. The van der Waals surface area contributed by atoms with Crippen molar-refractivity contribution in [3.8, 4) is 5.75 Å². The number of likely N-dealkylation sites (tertiary alicyclic amines) is 1. The topological polar surface area (TPSA) is 112 Å². The Kier molecular flexibility index (Phi) is 5.50. The van der Waals surface area contributed by atoms with Crippen molar-refractivity contribution >= 4 is 29.1 Å². The lowest BCUT2D eigenvalue weighted by Crippen LogP contribution is -2.41. The Balaban J connectivity index is 1.66. The minimum absolute atomic E-state index is 0.0165. The van der Waals surface area contributed by atoms with Gasteiger partial charge >= 0.3 is 0 Å². The van der Waals surface area contributed by atoms with Crippen LogP contribution in [-0.4, -0.2) is 39.2 Å². The minimum atomic E-state index is -0.409. The zero-order valence-corrected chi connectivity index (χ0v) is 15.3. The van der Waals surface area contributed by atoms with Gasteiger partial charge in [-0.1, -0.05) is 23.2 Å². The molecule has 1 aliphatic heterocycles. The molecule has 1 saturated heterocycles. The number of nitrogens with one attached hydrogen (secondary N) is 1. The van der Waals surface area contributed by atoms with Crippen LogP contribution >= 0.6 is 23.2 Å². The van der Waals surface area contributed by atoms with Crippen molar-refractivity contribution in [1.29, 1.82) is 0 Å². The molecule has 0 aliphatic carbocycles. The molecular formula is C17H18Cl2N4O3. The van der Waals surface area contributed by atoms with Crippen molar-refractivity contribution in [2.75, 3.05) is 13.1 Å². The first-order chi connectivity index (χ1) is 12.4. The number of rotatable bonds is 3. The maximum Gasteiger partial charge on any atom is 0.274 e. The molecule has 7 nitrogen and oxygen atoms in total. The van der Waals surface area contributed by atoms with E-state index in [0.29, 0.717) is 36.5 Å². The summed E-state index contributed by atoms with van der Waals surface area (Å²) in [6.45, 7) is 1.03. The quantitative estimate of drug-likeness (QED) is 0.736. The summed E-state index contributed by atoms with van der Waals surface area (Å²) in [6, 6.07) is 5.25. The Morgan fingerprint density at radius 2 is 1.92 bits per heavy atom. The Bertz CT molecular complexity index is 858. The van der Waals surface area contributed by atoms with Crippen LogP contribution in [0.25, 0.3) is 0 Å². The molecule has 4 N–H and O–H groups in total. The summed E-state index contributed by atoms with van der Waals surface area (Å²) >= 11 is 11.9. The Labute approximate surface area is 159 Å². The van der Waals surface area contributed by atoms with Crippen molar-refractivity contribution in [3.05, 3.63) is 55.9 Å². The van der Waals surface area contributed by atoms with Crippen LogP contribution in [0.15, 0.2) is 29.1 Å². The van der Waals surface area contributed by atoms with Crippen molar-refractivity contribution in [3.63, 3.8) is 0 Å². The van der Waals surface area contributed by atoms with E-state index in [1.54, 1.807) is 11.0 Å². The van der Waals surface area contributed by atoms with Gasteiger partial charge in [0.15, 0.2) is 0 Å². The van der Waals surface area contributed by atoms with Gasteiger partial charge in [0, 0.05) is 36.8 Å². The fourth-order valence-corrected chi connectivity index (χ4v) is 3.49. The number of benzene rings is 1. The second-order valence-corrected chi connectivity index (χ2v) is 7.10. The number of hydrogen-bond acceptors (Lipinski definition) is 5. The van der Waals surface area contributed by atoms with E-state index in [1.807, 2.05) is 0 Å². The third-order valence-electron chi connectivity index (χ3n) is 4.66. The number of carbonyl (C=O) groups is 1. The lowest BCUT2D eigenvalue weighted by Gasteiger charge is -2.35. The van der Waals surface area contributed by atoms with Gasteiger partial charge in [0.2, 0.25) is 0 Å². The molecule has 1 fully saturated rings. The summed E-state index contributed by atoms with van der Waals surface area (Å²) in [5.74, 6) is -0.126. The predicted molar refractivity (Wildman–Crippen MR) is 98.5 cm³/mol. The average Bonchev–Trinajstić information content (AvgIpc) is 2.64. The normalized spacial score (nSPS) is 16.5. The smallest absolute Gasteiger partial charge is 0.274 e. The number of piperidine rings is 1. The molecule has 26 heavy (non-hydrogen) atoms. The lowest BCUT2D eigenvalue weighted by atomic mass is 9.85. The Morgan fingerprint density at radius 1 is 1.27 bits per heavy atom. The molecule has 0 unspecified atom stereocenters. The van der Waals surface area contributed by atoms with Crippen LogP contribution in [0, 0.1) is 5.92 Å². The number of phenols is 1. The van der Waals surface area contributed by atoms with Gasteiger partial charge in [-0.25, -0.2) is 5.10 Å². The Hall–Kier alpha value is -2.09. The molecular weight excluding hydrogens is 379 g/mol. The molecule has 1 aromatic carbocycles. The zero-order valence-electron chi connectivity index (χ0n) is 13.8. The van der Waals surface area contributed by atoms with E-state index in [4.69, 9.17) is 28.9 Å². The monoisotopic (exact) mass is 396 g/mol. The number of hydrogen-bond donors (Lipinski definition) is 3. The zero-order chi connectivity index (χ0) is 18.8. The summed E-state index contributed by atoms with van der Waals surface area (Å²) in [4.78, 5) is 25.2. The molecule has 1 atom stereocenters. The second-order valence-electron chi connectivity index (χ2n) is 6.29. The molecule has 1 amide bonds.